The van der Waals surface area contributed by atoms with Gasteiger partial charge in [0.15, 0.2) is 0 Å². The van der Waals surface area contributed by atoms with Crippen LogP contribution in [0, 0.1) is 13.8 Å². The molecule has 3 heteroatoms. The second-order valence-electron chi connectivity index (χ2n) is 7.38. The summed E-state index contributed by atoms with van der Waals surface area (Å²) in [4.78, 5) is 4.38. The predicted molar refractivity (Wildman–Crippen MR) is 114 cm³/mol. The SMILES string of the molecule is CCC(O)(CC)c1ccc(OCc2cccc(-c3c(C)cccc3C)c2)nc1. The summed E-state index contributed by atoms with van der Waals surface area (Å²) in [5.74, 6) is 0.566. The van der Waals surface area contributed by atoms with Crippen molar-refractivity contribution in [2.24, 2.45) is 0 Å². The highest BCUT2D eigenvalue weighted by Gasteiger charge is 2.25. The molecule has 0 saturated heterocycles. The van der Waals surface area contributed by atoms with E-state index in [4.69, 9.17) is 4.74 Å². The van der Waals surface area contributed by atoms with E-state index in [2.05, 4.69) is 61.3 Å². The van der Waals surface area contributed by atoms with Gasteiger partial charge in [0.1, 0.15) is 6.61 Å². The Balaban J connectivity index is 1.74. The number of nitrogens with zero attached hydrogens (tertiary/aromatic N) is 1. The van der Waals surface area contributed by atoms with E-state index >= 15 is 0 Å². The molecule has 0 fully saturated rings. The maximum atomic E-state index is 10.6. The van der Waals surface area contributed by atoms with Crippen LogP contribution in [0.2, 0.25) is 0 Å². The van der Waals surface area contributed by atoms with Crippen LogP contribution in [0.15, 0.2) is 60.8 Å². The minimum absolute atomic E-state index is 0.455. The lowest BCUT2D eigenvalue weighted by Crippen LogP contribution is -2.23. The topological polar surface area (TPSA) is 42.4 Å². The molecule has 28 heavy (non-hydrogen) atoms. The lowest BCUT2D eigenvalue weighted by Gasteiger charge is -2.25. The van der Waals surface area contributed by atoms with Gasteiger partial charge in [-0.25, -0.2) is 4.98 Å². The predicted octanol–water partition coefficient (Wildman–Crippen LogP) is 5.95. The molecular formula is C25H29NO2. The largest absolute Gasteiger partial charge is 0.473 e. The highest BCUT2D eigenvalue weighted by atomic mass is 16.5. The van der Waals surface area contributed by atoms with Crippen molar-refractivity contribution in [3.8, 4) is 17.0 Å². The van der Waals surface area contributed by atoms with Gasteiger partial charge >= 0.3 is 0 Å². The number of pyridine rings is 1. The van der Waals surface area contributed by atoms with Crippen LogP contribution >= 0.6 is 0 Å². The molecule has 146 valence electrons. The Kier molecular flexibility index (Phi) is 6.15. The Labute approximate surface area is 168 Å². The van der Waals surface area contributed by atoms with E-state index in [9.17, 15) is 5.11 Å². The zero-order valence-corrected chi connectivity index (χ0v) is 17.2. The van der Waals surface area contributed by atoms with Crippen LogP contribution in [-0.4, -0.2) is 10.1 Å². The average Bonchev–Trinajstić information content (AvgIpc) is 2.72. The van der Waals surface area contributed by atoms with Gasteiger partial charge in [-0.15, -0.1) is 0 Å². The van der Waals surface area contributed by atoms with Crippen molar-refractivity contribution in [2.45, 2.75) is 52.7 Å². The number of rotatable bonds is 7. The van der Waals surface area contributed by atoms with Gasteiger partial charge in [-0.1, -0.05) is 50.2 Å². The van der Waals surface area contributed by atoms with Crippen molar-refractivity contribution in [1.29, 1.82) is 0 Å². The molecule has 1 N–H and O–H groups in total. The normalized spacial score (nSPS) is 11.5. The second kappa shape index (κ2) is 8.57. The average molecular weight is 376 g/mol. The standard InChI is InChI=1S/C25H29NO2/c1-5-25(27,6-2)22-13-14-23(26-16-22)28-17-20-11-8-12-21(15-20)24-18(3)9-7-10-19(24)4/h7-16,27H,5-6,17H2,1-4H3. The zero-order chi connectivity index (χ0) is 20.1. The van der Waals surface area contributed by atoms with Crippen LogP contribution in [-0.2, 0) is 12.2 Å². The molecule has 0 radical (unpaired) electrons. The fourth-order valence-electron chi connectivity index (χ4n) is 3.64. The third kappa shape index (κ3) is 4.26. The summed E-state index contributed by atoms with van der Waals surface area (Å²) in [7, 11) is 0. The molecule has 2 aromatic carbocycles. The number of aromatic nitrogens is 1. The third-order valence-corrected chi connectivity index (χ3v) is 5.53. The molecule has 0 bridgehead atoms. The second-order valence-corrected chi connectivity index (χ2v) is 7.38. The molecule has 0 amide bonds. The number of aryl methyl sites for hydroxylation is 2. The Bertz CT molecular complexity index is 907. The minimum Gasteiger partial charge on any atom is -0.473 e. The fourth-order valence-corrected chi connectivity index (χ4v) is 3.64. The van der Waals surface area contributed by atoms with Crippen molar-refractivity contribution in [3.63, 3.8) is 0 Å². The quantitative estimate of drug-likeness (QED) is 0.555. The number of hydrogen-bond acceptors (Lipinski definition) is 3. The summed E-state index contributed by atoms with van der Waals surface area (Å²) in [6.07, 6.45) is 3.04. The lowest BCUT2D eigenvalue weighted by atomic mass is 9.90. The molecule has 3 nitrogen and oxygen atoms in total. The summed E-state index contributed by atoms with van der Waals surface area (Å²) in [6, 6.07) is 18.6. The molecule has 0 aliphatic heterocycles. The zero-order valence-electron chi connectivity index (χ0n) is 17.2. The molecule has 0 aliphatic rings. The Morgan fingerprint density at radius 2 is 1.61 bits per heavy atom. The summed E-state index contributed by atoms with van der Waals surface area (Å²) >= 11 is 0. The molecule has 1 heterocycles. The van der Waals surface area contributed by atoms with Gasteiger partial charge < -0.3 is 9.84 Å². The Hall–Kier alpha value is -2.65. The van der Waals surface area contributed by atoms with Gasteiger partial charge in [0, 0.05) is 17.8 Å². The number of hydrogen-bond donors (Lipinski definition) is 1. The van der Waals surface area contributed by atoms with Crippen molar-refractivity contribution < 1.29 is 9.84 Å². The highest BCUT2D eigenvalue weighted by molar-refractivity contribution is 5.71. The number of ether oxygens (including phenoxy) is 1. The van der Waals surface area contributed by atoms with Crippen LogP contribution in [0.25, 0.3) is 11.1 Å². The van der Waals surface area contributed by atoms with Crippen molar-refractivity contribution >= 4 is 0 Å². The van der Waals surface area contributed by atoms with E-state index < -0.39 is 5.60 Å². The van der Waals surface area contributed by atoms with Gasteiger partial charge in [-0.3, -0.25) is 0 Å². The Morgan fingerprint density at radius 1 is 0.929 bits per heavy atom. The van der Waals surface area contributed by atoms with Crippen LogP contribution in [0.5, 0.6) is 5.88 Å². The summed E-state index contributed by atoms with van der Waals surface area (Å²) in [6.45, 7) is 8.71. The Morgan fingerprint density at radius 3 is 2.21 bits per heavy atom. The first-order valence-corrected chi connectivity index (χ1v) is 9.94. The molecule has 0 saturated carbocycles. The summed E-state index contributed by atoms with van der Waals surface area (Å²) in [5.41, 5.74) is 6.16. The molecule has 0 unspecified atom stereocenters. The van der Waals surface area contributed by atoms with Crippen LogP contribution in [0.3, 0.4) is 0 Å². The third-order valence-electron chi connectivity index (χ3n) is 5.53. The molecule has 1 aromatic heterocycles. The first kappa shape index (κ1) is 20.1. The van der Waals surface area contributed by atoms with E-state index in [1.807, 2.05) is 26.0 Å². The molecule has 0 aliphatic carbocycles. The minimum atomic E-state index is -0.814. The maximum Gasteiger partial charge on any atom is 0.213 e. The molecule has 3 rings (SSSR count). The fraction of sp³-hybridized carbons (Fsp3) is 0.320. The smallest absolute Gasteiger partial charge is 0.213 e. The van der Waals surface area contributed by atoms with Crippen LogP contribution in [0.1, 0.15) is 48.9 Å². The molecule has 0 spiro atoms. The number of aliphatic hydroxyl groups is 1. The monoisotopic (exact) mass is 375 g/mol. The summed E-state index contributed by atoms with van der Waals surface area (Å²) < 4.78 is 5.89. The van der Waals surface area contributed by atoms with E-state index in [-0.39, 0.29) is 0 Å². The summed E-state index contributed by atoms with van der Waals surface area (Å²) in [5, 5.41) is 10.6. The first-order valence-electron chi connectivity index (χ1n) is 9.94. The van der Waals surface area contributed by atoms with Crippen molar-refractivity contribution in [1.82, 2.24) is 4.98 Å². The molecule has 3 aromatic rings. The van der Waals surface area contributed by atoms with Gasteiger partial charge in [-0.05, 0) is 66.6 Å². The number of benzene rings is 2. The maximum absolute atomic E-state index is 10.6. The van der Waals surface area contributed by atoms with E-state index in [0.717, 1.165) is 11.1 Å². The van der Waals surface area contributed by atoms with Crippen LogP contribution < -0.4 is 4.74 Å². The van der Waals surface area contributed by atoms with E-state index in [1.165, 1.54) is 22.3 Å². The van der Waals surface area contributed by atoms with Crippen molar-refractivity contribution in [2.75, 3.05) is 0 Å². The van der Waals surface area contributed by atoms with Gasteiger partial charge in [0.05, 0.1) is 5.60 Å². The highest BCUT2D eigenvalue weighted by Crippen LogP contribution is 2.29. The molecule has 0 atom stereocenters. The molecular weight excluding hydrogens is 346 g/mol. The van der Waals surface area contributed by atoms with E-state index in [1.54, 1.807) is 6.20 Å². The van der Waals surface area contributed by atoms with Gasteiger partial charge in [0.25, 0.3) is 0 Å². The first-order chi connectivity index (χ1) is 13.5. The lowest BCUT2D eigenvalue weighted by molar-refractivity contribution is 0.0279. The van der Waals surface area contributed by atoms with Gasteiger partial charge in [-0.2, -0.15) is 0 Å². The van der Waals surface area contributed by atoms with Gasteiger partial charge in [0.2, 0.25) is 5.88 Å². The van der Waals surface area contributed by atoms with Crippen molar-refractivity contribution in [3.05, 3.63) is 83.0 Å². The van der Waals surface area contributed by atoms with E-state index in [0.29, 0.717) is 25.3 Å². The van der Waals surface area contributed by atoms with Crippen LogP contribution in [0.4, 0.5) is 0 Å².